The monoisotopic (exact) mass is 491 g/mol. The minimum Gasteiger partial charge on any atom is -0.410 e. The fraction of sp³-hybridized carbons (Fsp3) is 0.222. The van der Waals surface area contributed by atoms with Gasteiger partial charge in [-0.05, 0) is 55.7 Å². The van der Waals surface area contributed by atoms with Crippen LogP contribution in [0.3, 0.4) is 0 Å². The summed E-state index contributed by atoms with van der Waals surface area (Å²) in [5.74, 6) is 1.31. The molecule has 0 saturated heterocycles. The summed E-state index contributed by atoms with van der Waals surface area (Å²) in [7, 11) is 0. The standard InChI is InChI=1S/C27H29N3O6/c31-25(34-22-12-4-1-5-13-22)28-19-10-11-21(30-27(33)36-24-16-8-3-9-17-24)18-20-29-26(32)35-23-14-6-2-7-15-23/h1-9,12-17,21H,10-11,18-20H2,(H,28,31)(H,29,32)(H,30,33). The molecule has 3 N–H and O–H groups in total. The Morgan fingerprint density at radius 3 is 1.44 bits per heavy atom. The molecular formula is C27H29N3O6. The first-order valence-corrected chi connectivity index (χ1v) is 11.6. The highest BCUT2D eigenvalue weighted by atomic mass is 16.6. The molecule has 3 rings (SSSR count). The van der Waals surface area contributed by atoms with Crippen molar-refractivity contribution in [3.05, 3.63) is 91.0 Å². The largest absolute Gasteiger partial charge is 0.412 e. The molecule has 0 aliphatic rings. The molecule has 1 unspecified atom stereocenters. The lowest BCUT2D eigenvalue weighted by Crippen LogP contribution is -2.40. The van der Waals surface area contributed by atoms with Gasteiger partial charge < -0.3 is 30.2 Å². The van der Waals surface area contributed by atoms with E-state index in [1.165, 1.54) is 0 Å². The molecule has 9 heteroatoms. The minimum atomic E-state index is -0.602. The number of nitrogens with one attached hydrogen (secondary N) is 3. The van der Waals surface area contributed by atoms with E-state index in [4.69, 9.17) is 14.2 Å². The van der Waals surface area contributed by atoms with Crippen LogP contribution in [0.5, 0.6) is 17.2 Å². The van der Waals surface area contributed by atoms with Gasteiger partial charge in [0.05, 0.1) is 0 Å². The summed E-state index contributed by atoms with van der Waals surface area (Å²) >= 11 is 0. The van der Waals surface area contributed by atoms with Crippen LogP contribution in [0.25, 0.3) is 0 Å². The van der Waals surface area contributed by atoms with Crippen molar-refractivity contribution in [2.75, 3.05) is 13.1 Å². The van der Waals surface area contributed by atoms with Gasteiger partial charge in [-0.1, -0.05) is 54.6 Å². The second-order valence-corrected chi connectivity index (χ2v) is 7.73. The van der Waals surface area contributed by atoms with E-state index in [0.29, 0.717) is 43.1 Å². The Hall–Kier alpha value is -4.53. The van der Waals surface area contributed by atoms with E-state index < -0.39 is 18.3 Å². The number of rotatable bonds is 11. The molecule has 0 bridgehead atoms. The Morgan fingerprint density at radius 2 is 0.972 bits per heavy atom. The Morgan fingerprint density at radius 1 is 0.556 bits per heavy atom. The van der Waals surface area contributed by atoms with Crippen LogP contribution in [-0.4, -0.2) is 37.4 Å². The third kappa shape index (κ3) is 10.2. The van der Waals surface area contributed by atoms with Gasteiger partial charge in [0.25, 0.3) is 0 Å². The van der Waals surface area contributed by atoms with Crippen LogP contribution in [-0.2, 0) is 0 Å². The van der Waals surface area contributed by atoms with Crippen molar-refractivity contribution in [1.29, 1.82) is 0 Å². The maximum absolute atomic E-state index is 12.4. The zero-order valence-electron chi connectivity index (χ0n) is 19.7. The third-order valence-corrected chi connectivity index (χ3v) is 4.94. The maximum atomic E-state index is 12.4. The number of ether oxygens (including phenoxy) is 3. The van der Waals surface area contributed by atoms with Gasteiger partial charge in [0.15, 0.2) is 0 Å². The lowest BCUT2D eigenvalue weighted by Gasteiger charge is -2.19. The molecule has 3 aromatic rings. The van der Waals surface area contributed by atoms with Crippen LogP contribution in [0, 0.1) is 0 Å². The summed E-state index contributed by atoms with van der Waals surface area (Å²) in [6.07, 6.45) is -0.215. The molecule has 0 fully saturated rings. The van der Waals surface area contributed by atoms with Crippen molar-refractivity contribution >= 4 is 18.3 Å². The van der Waals surface area contributed by atoms with Gasteiger partial charge >= 0.3 is 18.3 Å². The van der Waals surface area contributed by atoms with E-state index in [0.717, 1.165) is 0 Å². The zero-order chi connectivity index (χ0) is 25.4. The molecule has 0 heterocycles. The van der Waals surface area contributed by atoms with E-state index >= 15 is 0 Å². The van der Waals surface area contributed by atoms with Crippen molar-refractivity contribution in [3.63, 3.8) is 0 Å². The number of amides is 3. The SMILES string of the molecule is O=C(NCCCC(CCNC(=O)Oc1ccccc1)NC(=O)Oc1ccccc1)Oc1ccccc1. The average Bonchev–Trinajstić information content (AvgIpc) is 2.88. The number of carbonyl (C=O) groups excluding carboxylic acids is 3. The summed E-state index contributed by atoms with van der Waals surface area (Å²) in [6.45, 7) is 0.618. The Kier molecular flexibility index (Phi) is 10.6. The quantitative estimate of drug-likeness (QED) is 0.329. The lowest BCUT2D eigenvalue weighted by atomic mass is 10.1. The predicted molar refractivity (Wildman–Crippen MR) is 134 cm³/mol. The van der Waals surface area contributed by atoms with Crippen molar-refractivity contribution in [2.24, 2.45) is 0 Å². The van der Waals surface area contributed by atoms with Gasteiger partial charge in [-0.25, -0.2) is 14.4 Å². The Labute approximate surface area is 209 Å². The number of hydrogen-bond donors (Lipinski definition) is 3. The van der Waals surface area contributed by atoms with Gasteiger partial charge in [-0.15, -0.1) is 0 Å². The van der Waals surface area contributed by atoms with E-state index in [1.54, 1.807) is 72.8 Å². The van der Waals surface area contributed by atoms with E-state index in [1.807, 2.05) is 18.2 Å². The van der Waals surface area contributed by atoms with E-state index in [9.17, 15) is 14.4 Å². The van der Waals surface area contributed by atoms with Crippen LogP contribution in [0.4, 0.5) is 14.4 Å². The highest BCUT2D eigenvalue weighted by Crippen LogP contribution is 2.11. The first-order valence-electron chi connectivity index (χ1n) is 11.6. The molecule has 1 atom stereocenters. The first-order chi connectivity index (χ1) is 17.6. The zero-order valence-corrected chi connectivity index (χ0v) is 19.7. The van der Waals surface area contributed by atoms with Crippen molar-refractivity contribution in [2.45, 2.75) is 25.3 Å². The highest BCUT2D eigenvalue weighted by molar-refractivity contribution is 5.71. The van der Waals surface area contributed by atoms with Crippen molar-refractivity contribution in [1.82, 2.24) is 16.0 Å². The van der Waals surface area contributed by atoms with Crippen LogP contribution in [0.1, 0.15) is 19.3 Å². The fourth-order valence-electron chi connectivity index (χ4n) is 3.23. The molecule has 188 valence electrons. The van der Waals surface area contributed by atoms with Gasteiger partial charge in [0, 0.05) is 19.1 Å². The molecule has 3 amide bonds. The normalized spacial score (nSPS) is 11.0. The lowest BCUT2D eigenvalue weighted by molar-refractivity contribution is 0.191. The van der Waals surface area contributed by atoms with Crippen LogP contribution < -0.4 is 30.2 Å². The summed E-state index contributed by atoms with van der Waals surface area (Å²) in [5.41, 5.74) is 0. The van der Waals surface area contributed by atoms with Crippen LogP contribution >= 0.6 is 0 Å². The molecule has 3 aromatic carbocycles. The first kappa shape index (κ1) is 26.1. The van der Waals surface area contributed by atoms with Crippen molar-refractivity contribution in [3.8, 4) is 17.2 Å². The second kappa shape index (κ2) is 14.7. The summed E-state index contributed by atoms with van der Waals surface area (Å²) in [6, 6.07) is 25.9. The molecule has 9 nitrogen and oxygen atoms in total. The molecule has 0 aromatic heterocycles. The van der Waals surface area contributed by atoms with Gasteiger partial charge in [0.2, 0.25) is 0 Å². The molecule has 0 aliphatic heterocycles. The number of carbonyl (C=O) groups is 3. The molecular weight excluding hydrogens is 462 g/mol. The number of para-hydroxylation sites is 3. The predicted octanol–water partition coefficient (Wildman–Crippen LogP) is 4.89. The third-order valence-electron chi connectivity index (χ3n) is 4.94. The van der Waals surface area contributed by atoms with E-state index in [2.05, 4.69) is 16.0 Å². The fourth-order valence-corrected chi connectivity index (χ4v) is 3.23. The van der Waals surface area contributed by atoms with E-state index in [-0.39, 0.29) is 12.6 Å². The van der Waals surface area contributed by atoms with Crippen molar-refractivity contribution < 1.29 is 28.6 Å². The smallest absolute Gasteiger partial charge is 0.410 e. The number of benzene rings is 3. The Balaban J connectivity index is 1.44. The van der Waals surface area contributed by atoms with Gasteiger partial charge in [-0.3, -0.25) is 0 Å². The molecule has 0 spiro atoms. The molecule has 0 saturated carbocycles. The van der Waals surface area contributed by atoms with Crippen LogP contribution in [0.15, 0.2) is 91.0 Å². The highest BCUT2D eigenvalue weighted by Gasteiger charge is 2.15. The van der Waals surface area contributed by atoms with Crippen LogP contribution in [0.2, 0.25) is 0 Å². The second-order valence-electron chi connectivity index (χ2n) is 7.73. The molecule has 0 radical (unpaired) electrons. The summed E-state index contributed by atoms with van der Waals surface area (Å²) in [4.78, 5) is 36.4. The van der Waals surface area contributed by atoms with Gasteiger partial charge in [-0.2, -0.15) is 0 Å². The average molecular weight is 492 g/mol. The van der Waals surface area contributed by atoms with Gasteiger partial charge in [0.1, 0.15) is 17.2 Å². The number of hydrogen-bond acceptors (Lipinski definition) is 6. The maximum Gasteiger partial charge on any atom is 0.412 e. The minimum absolute atomic E-state index is 0.269. The summed E-state index contributed by atoms with van der Waals surface area (Å²) in [5, 5.41) is 8.18. The molecule has 36 heavy (non-hydrogen) atoms. The summed E-state index contributed by atoms with van der Waals surface area (Å²) < 4.78 is 15.7. The molecule has 0 aliphatic carbocycles. The Bertz CT molecular complexity index is 1080. The topological polar surface area (TPSA) is 115 Å².